The Morgan fingerprint density at radius 2 is 1.90 bits per heavy atom. The zero-order valence-electron chi connectivity index (χ0n) is 11.6. The van der Waals surface area contributed by atoms with Crippen LogP contribution in [-0.2, 0) is 14.8 Å². The number of nitro benzene ring substituents is 1. The number of carboxylic acids is 1. The van der Waals surface area contributed by atoms with E-state index in [1.165, 1.54) is 12.1 Å². The van der Waals surface area contributed by atoms with Gasteiger partial charge >= 0.3 is 5.97 Å². The van der Waals surface area contributed by atoms with Crippen molar-refractivity contribution in [3.05, 3.63) is 33.4 Å². The van der Waals surface area contributed by atoms with Crippen molar-refractivity contribution >= 4 is 27.4 Å². The molecule has 0 aromatic heterocycles. The molecule has 0 heterocycles. The number of sulfonamides is 1. The van der Waals surface area contributed by atoms with E-state index in [1.807, 2.05) is 0 Å². The molecule has 0 atom stereocenters. The molecule has 21 heavy (non-hydrogen) atoms. The monoisotopic (exact) mass is 316 g/mol. The van der Waals surface area contributed by atoms with Crippen LogP contribution >= 0.6 is 0 Å². The van der Waals surface area contributed by atoms with Crippen molar-refractivity contribution < 1.29 is 23.2 Å². The lowest BCUT2D eigenvalue weighted by molar-refractivity contribution is -0.383. The van der Waals surface area contributed by atoms with Gasteiger partial charge < -0.3 is 5.11 Å². The molecule has 9 heteroatoms. The standard InChI is InChI=1S/C12H16N2O6S/c1-8-6-10(11(14(17)18)7-9(8)2)13-21(19,20)5-3-4-12(15)16/h6-7,13H,3-5H2,1-2H3,(H,15,16). The molecule has 0 aliphatic rings. The van der Waals surface area contributed by atoms with E-state index in [2.05, 4.69) is 4.72 Å². The van der Waals surface area contributed by atoms with E-state index < -0.39 is 26.7 Å². The van der Waals surface area contributed by atoms with Crippen molar-refractivity contribution in [2.24, 2.45) is 0 Å². The zero-order chi connectivity index (χ0) is 16.2. The molecule has 1 rings (SSSR count). The molecule has 0 fully saturated rings. The van der Waals surface area contributed by atoms with Crippen LogP contribution in [0.5, 0.6) is 0 Å². The Morgan fingerprint density at radius 1 is 1.33 bits per heavy atom. The van der Waals surface area contributed by atoms with Gasteiger partial charge in [-0.05, 0) is 37.5 Å². The Balaban J connectivity index is 2.98. The Bertz CT molecular complexity index is 669. The molecule has 1 aromatic carbocycles. The quantitative estimate of drug-likeness (QED) is 0.583. The summed E-state index contributed by atoms with van der Waals surface area (Å²) in [4.78, 5) is 20.7. The summed E-state index contributed by atoms with van der Waals surface area (Å²) >= 11 is 0. The van der Waals surface area contributed by atoms with Crippen LogP contribution in [0.3, 0.4) is 0 Å². The zero-order valence-corrected chi connectivity index (χ0v) is 12.4. The second kappa shape index (κ2) is 6.53. The highest BCUT2D eigenvalue weighted by Crippen LogP contribution is 2.28. The molecule has 0 aliphatic carbocycles. The fraction of sp³-hybridized carbons (Fsp3) is 0.417. The Morgan fingerprint density at radius 3 is 2.43 bits per heavy atom. The normalized spacial score (nSPS) is 11.1. The number of carboxylic acid groups (broad SMARTS) is 1. The lowest BCUT2D eigenvalue weighted by Gasteiger charge is -2.10. The Labute approximate surface area is 122 Å². The number of nitrogens with one attached hydrogen (secondary N) is 1. The van der Waals surface area contributed by atoms with Crippen molar-refractivity contribution in [2.45, 2.75) is 26.7 Å². The number of benzene rings is 1. The van der Waals surface area contributed by atoms with E-state index in [0.29, 0.717) is 11.1 Å². The molecule has 0 spiro atoms. The van der Waals surface area contributed by atoms with E-state index in [1.54, 1.807) is 13.8 Å². The average molecular weight is 316 g/mol. The minimum Gasteiger partial charge on any atom is -0.481 e. The summed E-state index contributed by atoms with van der Waals surface area (Å²) in [5.74, 6) is -1.51. The number of rotatable bonds is 7. The van der Waals surface area contributed by atoms with E-state index in [0.717, 1.165) is 0 Å². The third-order valence-electron chi connectivity index (χ3n) is 2.88. The minimum atomic E-state index is -3.83. The number of aryl methyl sites for hydroxylation is 2. The molecule has 0 aliphatic heterocycles. The first-order valence-electron chi connectivity index (χ1n) is 6.10. The number of hydrogen-bond donors (Lipinski definition) is 2. The molecule has 0 bridgehead atoms. The van der Waals surface area contributed by atoms with Gasteiger partial charge in [-0.2, -0.15) is 0 Å². The summed E-state index contributed by atoms with van der Waals surface area (Å²) in [6, 6.07) is 2.69. The first-order valence-corrected chi connectivity index (χ1v) is 7.75. The highest BCUT2D eigenvalue weighted by molar-refractivity contribution is 7.92. The maximum atomic E-state index is 11.8. The van der Waals surface area contributed by atoms with Crippen LogP contribution in [0.2, 0.25) is 0 Å². The molecule has 0 unspecified atom stereocenters. The highest BCUT2D eigenvalue weighted by Gasteiger charge is 2.20. The van der Waals surface area contributed by atoms with Crippen LogP contribution in [0, 0.1) is 24.0 Å². The van der Waals surface area contributed by atoms with E-state index in [4.69, 9.17) is 5.11 Å². The highest BCUT2D eigenvalue weighted by atomic mass is 32.2. The van der Waals surface area contributed by atoms with Crippen LogP contribution in [-0.4, -0.2) is 30.2 Å². The van der Waals surface area contributed by atoms with Crippen molar-refractivity contribution in [1.82, 2.24) is 0 Å². The maximum absolute atomic E-state index is 11.8. The summed E-state index contributed by atoms with van der Waals surface area (Å²) in [5, 5.41) is 19.4. The second-order valence-corrected chi connectivity index (χ2v) is 6.47. The molecular weight excluding hydrogens is 300 g/mol. The topological polar surface area (TPSA) is 127 Å². The summed E-state index contributed by atoms with van der Waals surface area (Å²) < 4.78 is 25.8. The molecule has 116 valence electrons. The lowest BCUT2D eigenvalue weighted by Crippen LogP contribution is -2.18. The van der Waals surface area contributed by atoms with Gasteiger partial charge in [-0.25, -0.2) is 8.42 Å². The van der Waals surface area contributed by atoms with Crippen molar-refractivity contribution in [3.63, 3.8) is 0 Å². The predicted octanol–water partition coefficient (Wildman–Crippen LogP) is 1.82. The maximum Gasteiger partial charge on any atom is 0.303 e. The molecule has 0 saturated heterocycles. The van der Waals surface area contributed by atoms with E-state index in [-0.39, 0.29) is 24.2 Å². The van der Waals surface area contributed by atoms with Crippen LogP contribution in [0.15, 0.2) is 12.1 Å². The molecular formula is C12H16N2O6S. The van der Waals surface area contributed by atoms with Gasteiger partial charge in [0.15, 0.2) is 0 Å². The average Bonchev–Trinajstić information content (AvgIpc) is 2.31. The third-order valence-corrected chi connectivity index (χ3v) is 4.23. The van der Waals surface area contributed by atoms with Crippen LogP contribution in [0.1, 0.15) is 24.0 Å². The Kier molecular flexibility index (Phi) is 5.25. The number of nitro groups is 1. The third kappa shape index (κ3) is 5.03. The fourth-order valence-corrected chi connectivity index (χ4v) is 2.79. The van der Waals surface area contributed by atoms with Gasteiger partial charge in [-0.1, -0.05) is 0 Å². The molecule has 1 aromatic rings. The molecule has 8 nitrogen and oxygen atoms in total. The van der Waals surface area contributed by atoms with Crippen molar-refractivity contribution in [2.75, 3.05) is 10.5 Å². The predicted molar refractivity (Wildman–Crippen MR) is 76.8 cm³/mol. The molecule has 0 amide bonds. The van der Waals surface area contributed by atoms with Gasteiger partial charge in [0.25, 0.3) is 5.69 Å². The first-order chi connectivity index (χ1) is 9.62. The number of hydrogen-bond acceptors (Lipinski definition) is 5. The molecule has 2 N–H and O–H groups in total. The summed E-state index contributed by atoms with van der Waals surface area (Å²) in [5.41, 5.74) is 0.942. The van der Waals surface area contributed by atoms with Crippen molar-refractivity contribution in [1.29, 1.82) is 0 Å². The summed E-state index contributed by atoms with van der Waals surface area (Å²) in [6.07, 6.45) is -0.348. The van der Waals surface area contributed by atoms with Gasteiger partial charge in [0, 0.05) is 12.5 Å². The van der Waals surface area contributed by atoms with Crippen LogP contribution < -0.4 is 4.72 Å². The van der Waals surface area contributed by atoms with Crippen LogP contribution in [0.4, 0.5) is 11.4 Å². The lowest BCUT2D eigenvalue weighted by atomic mass is 10.1. The molecule has 0 radical (unpaired) electrons. The minimum absolute atomic E-state index is 0.0662. The number of anilines is 1. The number of aliphatic carboxylic acids is 1. The first kappa shape index (κ1) is 16.9. The smallest absolute Gasteiger partial charge is 0.303 e. The molecule has 0 saturated carbocycles. The van der Waals surface area contributed by atoms with Gasteiger partial charge in [-0.15, -0.1) is 0 Å². The van der Waals surface area contributed by atoms with E-state index in [9.17, 15) is 23.3 Å². The largest absolute Gasteiger partial charge is 0.481 e. The fourth-order valence-electron chi connectivity index (χ4n) is 1.67. The van der Waals surface area contributed by atoms with Gasteiger partial charge in [0.1, 0.15) is 5.69 Å². The second-order valence-electron chi connectivity index (χ2n) is 4.63. The number of carbonyl (C=O) groups is 1. The Hall–Kier alpha value is -2.16. The van der Waals surface area contributed by atoms with Gasteiger partial charge in [0.2, 0.25) is 10.0 Å². The van der Waals surface area contributed by atoms with Gasteiger partial charge in [0.05, 0.1) is 10.7 Å². The van der Waals surface area contributed by atoms with Crippen molar-refractivity contribution in [3.8, 4) is 0 Å². The number of nitrogens with zero attached hydrogens (tertiary/aromatic N) is 1. The van der Waals surface area contributed by atoms with E-state index >= 15 is 0 Å². The van der Waals surface area contributed by atoms with Crippen LogP contribution in [0.25, 0.3) is 0 Å². The summed E-state index contributed by atoms with van der Waals surface area (Å²) in [7, 11) is -3.83. The van der Waals surface area contributed by atoms with Gasteiger partial charge in [-0.3, -0.25) is 19.6 Å². The SMILES string of the molecule is Cc1cc(NS(=O)(=O)CCCC(=O)O)c([N+](=O)[O-])cc1C. The summed E-state index contributed by atoms with van der Waals surface area (Å²) in [6.45, 7) is 3.40.